The molecule has 0 amide bonds. The third-order valence-corrected chi connectivity index (χ3v) is 4.33. The van der Waals surface area contributed by atoms with Crippen LogP contribution in [0.2, 0.25) is 0 Å². The van der Waals surface area contributed by atoms with Crippen molar-refractivity contribution in [3.8, 4) is 0 Å². The molecule has 28 heavy (non-hydrogen) atoms. The Kier molecular flexibility index (Phi) is 7.41. The number of ether oxygens (including phenoxy) is 1. The highest BCUT2D eigenvalue weighted by Crippen LogP contribution is 2.26. The summed E-state index contributed by atoms with van der Waals surface area (Å²) in [4.78, 5) is 35.3. The van der Waals surface area contributed by atoms with Crippen LogP contribution in [0.3, 0.4) is 0 Å². The fourth-order valence-corrected chi connectivity index (χ4v) is 2.75. The molecule has 2 aromatic rings. The summed E-state index contributed by atoms with van der Waals surface area (Å²) < 4.78 is 4.88. The number of carbonyl (C=O) groups is 3. The highest BCUT2D eigenvalue weighted by molar-refractivity contribution is 6.28. The quantitative estimate of drug-likeness (QED) is 0.420. The van der Waals surface area contributed by atoms with Crippen molar-refractivity contribution in [2.45, 2.75) is 39.8 Å². The molecule has 0 aromatic heterocycles. The SMILES string of the molecule is CCC=C(C)C(=O)OC(N)CC.O=C1c2ccccc2C(=O)c2ccccc21. The van der Waals surface area contributed by atoms with E-state index in [0.29, 0.717) is 34.2 Å². The van der Waals surface area contributed by atoms with Crippen LogP contribution < -0.4 is 5.73 Å². The fraction of sp³-hybridized carbons (Fsp3) is 0.261. The standard InChI is InChI=1S/C14H8O2.C9H17NO2/c15-13-9-5-1-2-6-10(9)14(16)12-8-4-3-7-11(12)13;1-4-6-7(3)9(11)12-8(10)5-2/h1-8H;6,8H,4-5,10H2,1-3H3. The first-order valence-corrected chi connectivity index (χ1v) is 9.31. The molecule has 3 rings (SSSR count). The van der Waals surface area contributed by atoms with Crippen LogP contribution >= 0.6 is 0 Å². The van der Waals surface area contributed by atoms with E-state index in [9.17, 15) is 14.4 Å². The zero-order chi connectivity index (χ0) is 20.7. The first-order chi connectivity index (χ1) is 13.4. The maximum absolute atomic E-state index is 12.1. The first kappa shape index (κ1) is 21.3. The molecule has 0 fully saturated rings. The van der Waals surface area contributed by atoms with Crippen molar-refractivity contribution in [2.75, 3.05) is 0 Å². The summed E-state index contributed by atoms with van der Waals surface area (Å²) in [5.41, 5.74) is 8.09. The second kappa shape index (κ2) is 9.76. The minimum Gasteiger partial charge on any atom is -0.443 e. The van der Waals surface area contributed by atoms with Crippen molar-refractivity contribution in [1.82, 2.24) is 0 Å². The molecule has 1 atom stereocenters. The smallest absolute Gasteiger partial charge is 0.334 e. The van der Waals surface area contributed by atoms with Gasteiger partial charge in [-0.15, -0.1) is 0 Å². The van der Waals surface area contributed by atoms with Gasteiger partial charge in [0.1, 0.15) is 0 Å². The molecule has 2 N–H and O–H groups in total. The monoisotopic (exact) mass is 379 g/mol. The third-order valence-electron chi connectivity index (χ3n) is 4.33. The Hall–Kier alpha value is -3.05. The second-order valence-corrected chi connectivity index (χ2v) is 6.40. The van der Waals surface area contributed by atoms with Crippen molar-refractivity contribution in [3.63, 3.8) is 0 Å². The lowest BCUT2D eigenvalue weighted by Crippen LogP contribution is -2.26. The summed E-state index contributed by atoms with van der Waals surface area (Å²) in [6.45, 7) is 5.57. The van der Waals surface area contributed by atoms with Crippen molar-refractivity contribution in [1.29, 1.82) is 0 Å². The van der Waals surface area contributed by atoms with E-state index in [1.54, 1.807) is 55.5 Å². The number of carbonyl (C=O) groups excluding carboxylic acids is 3. The van der Waals surface area contributed by atoms with Crippen LogP contribution in [0.15, 0.2) is 60.2 Å². The number of rotatable bonds is 4. The minimum atomic E-state index is -0.474. The highest BCUT2D eigenvalue weighted by atomic mass is 16.6. The molecule has 0 saturated carbocycles. The van der Waals surface area contributed by atoms with Crippen molar-refractivity contribution >= 4 is 17.5 Å². The summed E-state index contributed by atoms with van der Waals surface area (Å²) in [6, 6.07) is 13.9. The number of hydrogen-bond donors (Lipinski definition) is 1. The highest BCUT2D eigenvalue weighted by Gasteiger charge is 2.28. The van der Waals surface area contributed by atoms with Gasteiger partial charge in [0, 0.05) is 27.8 Å². The summed E-state index contributed by atoms with van der Waals surface area (Å²) >= 11 is 0. The van der Waals surface area contributed by atoms with Crippen LogP contribution in [0.25, 0.3) is 0 Å². The largest absolute Gasteiger partial charge is 0.443 e. The summed E-state index contributed by atoms with van der Waals surface area (Å²) in [5.74, 6) is -0.442. The van der Waals surface area contributed by atoms with Gasteiger partial charge in [-0.1, -0.05) is 68.5 Å². The van der Waals surface area contributed by atoms with Gasteiger partial charge in [-0.05, 0) is 19.8 Å². The molecule has 2 aromatic carbocycles. The summed E-state index contributed by atoms with van der Waals surface area (Å²) in [7, 11) is 0. The van der Waals surface area contributed by atoms with Gasteiger partial charge in [-0.2, -0.15) is 0 Å². The number of benzene rings is 2. The van der Waals surface area contributed by atoms with Gasteiger partial charge in [0.05, 0.1) is 0 Å². The molecule has 0 radical (unpaired) electrons. The van der Waals surface area contributed by atoms with Gasteiger partial charge in [-0.3, -0.25) is 15.3 Å². The molecule has 1 aliphatic carbocycles. The van der Waals surface area contributed by atoms with E-state index in [-0.39, 0.29) is 17.5 Å². The molecule has 1 aliphatic rings. The van der Waals surface area contributed by atoms with Crippen LogP contribution in [-0.4, -0.2) is 23.8 Å². The molecule has 0 heterocycles. The van der Waals surface area contributed by atoms with E-state index in [1.807, 2.05) is 19.9 Å². The Morgan fingerprint density at radius 2 is 1.32 bits per heavy atom. The van der Waals surface area contributed by atoms with Crippen molar-refractivity contribution in [3.05, 3.63) is 82.4 Å². The van der Waals surface area contributed by atoms with Gasteiger partial charge in [0.25, 0.3) is 0 Å². The number of ketones is 2. The zero-order valence-corrected chi connectivity index (χ0v) is 16.4. The van der Waals surface area contributed by atoms with Crippen LogP contribution in [0.1, 0.15) is 65.5 Å². The Labute approximate surface area is 165 Å². The Morgan fingerprint density at radius 1 is 0.929 bits per heavy atom. The predicted octanol–water partition coefficient (Wildman–Crippen LogP) is 4.04. The number of nitrogens with two attached hydrogens (primary N) is 1. The van der Waals surface area contributed by atoms with E-state index in [0.717, 1.165) is 6.42 Å². The molecular formula is C23H25NO4. The molecule has 5 nitrogen and oxygen atoms in total. The third kappa shape index (κ3) is 4.81. The molecule has 0 aliphatic heterocycles. The van der Waals surface area contributed by atoms with E-state index in [2.05, 4.69) is 0 Å². The topological polar surface area (TPSA) is 86.5 Å². The van der Waals surface area contributed by atoms with Gasteiger partial charge >= 0.3 is 5.97 Å². The van der Waals surface area contributed by atoms with Gasteiger partial charge in [0.15, 0.2) is 17.8 Å². The lowest BCUT2D eigenvalue weighted by Gasteiger charge is -2.16. The second-order valence-electron chi connectivity index (χ2n) is 6.40. The summed E-state index contributed by atoms with van der Waals surface area (Å²) in [6.07, 6.45) is 2.83. The number of fused-ring (bicyclic) bond motifs is 2. The van der Waals surface area contributed by atoms with Crippen LogP contribution in [0, 0.1) is 0 Å². The van der Waals surface area contributed by atoms with Gasteiger partial charge in [-0.25, -0.2) is 4.79 Å². The van der Waals surface area contributed by atoms with E-state index in [1.165, 1.54) is 0 Å². The van der Waals surface area contributed by atoms with Crippen molar-refractivity contribution in [2.24, 2.45) is 5.73 Å². The van der Waals surface area contributed by atoms with Crippen molar-refractivity contribution < 1.29 is 19.1 Å². The number of hydrogen-bond acceptors (Lipinski definition) is 5. The van der Waals surface area contributed by atoms with E-state index < -0.39 is 6.23 Å². The number of esters is 1. The van der Waals surface area contributed by atoms with Gasteiger partial charge in [0.2, 0.25) is 0 Å². The normalized spacial score (nSPS) is 13.6. The number of allylic oxidation sites excluding steroid dienone is 1. The molecule has 1 unspecified atom stereocenters. The molecule has 0 spiro atoms. The lowest BCUT2D eigenvalue weighted by atomic mass is 9.84. The maximum atomic E-state index is 12.1. The lowest BCUT2D eigenvalue weighted by molar-refractivity contribution is -0.144. The molecule has 0 saturated heterocycles. The first-order valence-electron chi connectivity index (χ1n) is 9.31. The van der Waals surface area contributed by atoms with Crippen LogP contribution in [-0.2, 0) is 9.53 Å². The molecule has 5 heteroatoms. The zero-order valence-electron chi connectivity index (χ0n) is 16.4. The molecule has 146 valence electrons. The van der Waals surface area contributed by atoms with Crippen LogP contribution in [0.5, 0.6) is 0 Å². The van der Waals surface area contributed by atoms with E-state index in [4.69, 9.17) is 10.5 Å². The molecule has 0 bridgehead atoms. The van der Waals surface area contributed by atoms with E-state index >= 15 is 0 Å². The Balaban J connectivity index is 0.000000211. The maximum Gasteiger partial charge on any atom is 0.334 e. The summed E-state index contributed by atoms with van der Waals surface area (Å²) in [5, 5.41) is 0. The minimum absolute atomic E-state index is 0.0641. The Morgan fingerprint density at radius 3 is 1.64 bits per heavy atom. The molecular weight excluding hydrogens is 354 g/mol. The Bertz CT molecular complexity index is 809. The van der Waals surface area contributed by atoms with Gasteiger partial charge < -0.3 is 4.74 Å². The average Bonchev–Trinajstić information content (AvgIpc) is 2.72. The average molecular weight is 379 g/mol. The predicted molar refractivity (Wildman–Crippen MR) is 108 cm³/mol. The van der Waals surface area contributed by atoms with Crippen LogP contribution in [0.4, 0.5) is 0 Å². The fourth-order valence-electron chi connectivity index (χ4n) is 2.75.